The van der Waals surface area contributed by atoms with Crippen LogP contribution in [0.2, 0.25) is 0 Å². The van der Waals surface area contributed by atoms with Crippen LogP contribution in [0.15, 0.2) is 60.8 Å². The third-order valence-corrected chi connectivity index (χ3v) is 4.89. The predicted molar refractivity (Wildman–Crippen MR) is 110 cm³/mol. The van der Waals surface area contributed by atoms with Gasteiger partial charge in [0.2, 0.25) is 5.95 Å². The Morgan fingerprint density at radius 2 is 1.59 bits per heavy atom. The summed E-state index contributed by atoms with van der Waals surface area (Å²) < 4.78 is 0. The van der Waals surface area contributed by atoms with Crippen molar-refractivity contribution in [1.82, 2.24) is 15.2 Å². The molecule has 27 heavy (non-hydrogen) atoms. The minimum atomic E-state index is 0.530. The van der Waals surface area contributed by atoms with Crippen molar-refractivity contribution in [3.05, 3.63) is 66.4 Å². The Kier molecular flexibility index (Phi) is 5.14. The van der Waals surface area contributed by atoms with Gasteiger partial charge in [0.25, 0.3) is 0 Å². The summed E-state index contributed by atoms with van der Waals surface area (Å²) in [6.07, 6.45) is 2.77. The van der Waals surface area contributed by atoms with E-state index in [1.165, 1.54) is 11.3 Å². The number of aryl methyl sites for hydroxylation is 1. The largest absolute Gasteiger partial charge is 0.368 e. The number of benzene rings is 2. The van der Waals surface area contributed by atoms with Crippen LogP contribution in [-0.4, -0.2) is 41.4 Å². The zero-order valence-corrected chi connectivity index (χ0v) is 15.5. The molecule has 2 aromatic carbocycles. The minimum absolute atomic E-state index is 0.530. The molecule has 6 nitrogen and oxygen atoms in total. The lowest BCUT2D eigenvalue weighted by Crippen LogP contribution is -2.46. The van der Waals surface area contributed by atoms with Crippen molar-refractivity contribution in [2.45, 2.75) is 13.3 Å². The molecule has 3 aromatic rings. The van der Waals surface area contributed by atoms with Crippen LogP contribution in [0, 0.1) is 0 Å². The molecule has 0 unspecified atom stereocenters. The van der Waals surface area contributed by atoms with Crippen molar-refractivity contribution in [3.63, 3.8) is 0 Å². The van der Waals surface area contributed by atoms with Crippen molar-refractivity contribution in [1.29, 1.82) is 0 Å². The van der Waals surface area contributed by atoms with Gasteiger partial charge in [-0.1, -0.05) is 37.3 Å². The minimum Gasteiger partial charge on any atom is -0.368 e. The zero-order valence-electron chi connectivity index (χ0n) is 15.5. The van der Waals surface area contributed by atoms with E-state index in [2.05, 4.69) is 79.7 Å². The summed E-state index contributed by atoms with van der Waals surface area (Å²) in [4.78, 5) is 9.32. The lowest BCUT2D eigenvalue weighted by molar-refractivity contribution is 0.645. The second-order valence-corrected chi connectivity index (χ2v) is 6.62. The number of hydrogen-bond donors (Lipinski definition) is 1. The summed E-state index contributed by atoms with van der Waals surface area (Å²) in [7, 11) is 0. The van der Waals surface area contributed by atoms with Crippen molar-refractivity contribution in [3.8, 4) is 0 Å². The SMILES string of the molecule is CCc1ccc(Nc2nncc(N3CCN(c4ccccc4)CC3)n2)cc1. The van der Waals surface area contributed by atoms with Gasteiger partial charge >= 0.3 is 0 Å². The number of para-hydroxylation sites is 1. The average Bonchev–Trinajstić information content (AvgIpc) is 2.75. The molecule has 1 saturated heterocycles. The molecule has 0 aliphatic carbocycles. The number of piperazine rings is 1. The molecule has 1 aliphatic heterocycles. The van der Waals surface area contributed by atoms with E-state index in [1.54, 1.807) is 6.20 Å². The molecule has 0 radical (unpaired) electrons. The van der Waals surface area contributed by atoms with Gasteiger partial charge < -0.3 is 15.1 Å². The van der Waals surface area contributed by atoms with Gasteiger partial charge in [-0.05, 0) is 36.2 Å². The van der Waals surface area contributed by atoms with Crippen molar-refractivity contribution < 1.29 is 0 Å². The average molecular weight is 360 g/mol. The second-order valence-electron chi connectivity index (χ2n) is 6.62. The van der Waals surface area contributed by atoms with Crippen LogP contribution < -0.4 is 15.1 Å². The maximum atomic E-state index is 4.65. The molecule has 2 heterocycles. The van der Waals surface area contributed by atoms with Gasteiger partial charge in [-0.2, -0.15) is 10.1 Å². The van der Waals surface area contributed by atoms with Crippen LogP contribution in [0.4, 0.5) is 23.1 Å². The molecule has 1 aromatic heterocycles. The van der Waals surface area contributed by atoms with Gasteiger partial charge in [0.05, 0.1) is 6.20 Å². The standard InChI is InChI=1S/C21H24N6/c1-2-17-8-10-18(11-9-17)23-21-24-20(16-22-25-21)27-14-12-26(13-15-27)19-6-4-3-5-7-19/h3-11,16H,2,12-15H2,1H3,(H,23,24,25). The fourth-order valence-electron chi connectivity index (χ4n) is 3.29. The summed E-state index contributed by atoms with van der Waals surface area (Å²) in [5.41, 5.74) is 3.56. The Bertz CT molecular complexity index is 857. The molecule has 138 valence electrons. The van der Waals surface area contributed by atoms with E-state index in [1.807, 2.05) is 12.1 Å². The molecule has 0 amide bonds. The topological polar surface area (TPSA) is 57.2 Å². The molecule has 6 heteroatoms. The molecule has 4 rings (SSSR count). The first-order valence-corrected chi connectivity index (χ1v) is 9.42. The van der Waals surface area contributed by atoms with E-state index in [4.69, 9.17) is 0 Å². The Morgan fingerprint density at radius 1 is 0.889 bits per heavy atom. The maximum Gasteiger partial charge on any atom is 0.249 e. The van der Waals surface area contributed by atoms with E-state index in [-0.39, 0.29) is 0 Å². The predicted octanol–water partition coefficient (Wildman–Crippen LogP) is 3.50. The zero-order chi connectivity index (χ0) is 18.5. The van der Waals surface area contributed by atoms with Gasteiger partial charge in [-0.25, -0.2) is 0 Å². The first-order chi connectivity index (χ1) is 13.3. The Morgan fingerprint density at radius 3 is 2.30 bits per heavy atom. The molecule has 1 aliphatic rings. The monoisotopic (exact) mass is 360 g/mol. The summed E-state index contributed by atoms with van der Waals surface area (Å²) in [6, 6.07) is 18.9. The number of anilines is 4. The van der Waals surface area contributed by atoms with Gasteiger partial charge in [0.15, 0.2) is 5.82 Å². The first-order valence-electron chi connectivity index (χ1n) is 9.42. The van der Waals surface area contributed by atoms with E-state index in [9.17, 15) is 0 Å². The Balaban J connectivity index is 1.40. The van der Waals surface area contributed by atoms with E-state index >= 15 is 0 Å². The quantitative estimate of drug-likeness (QED) is 0.751. The Hall–Kier alpha value is -3.15. The molecule has 0 atom stereocenters. The normalized spacial score (nSPS) is 14.3. The highest BCUT2D eigenvalue weighted by Gasteiger charge is 2.19. The number of aromatic nitrogens is 3. The molecular weight excluding hydrogens is 336 g/mol. The lowest BCUT2D eigenvalue weighted by atomic mass is 10.1. The van der Waals surface area contributed by atoms with Gasteiger partial charge in [-0.15, -0.1) is 5.10 Å². The number of hydrogen-bond acceptors (Lipinski definition) is 6. The van der Waals surface area contributed by atoms with Crippen molar-refractivity contribution >= 4 is 23.1 Å². The summed E-state index contributed by atoms with van der Waals surface area (Å²) in [5.74, 6) is 1.40. The number of rotatable bonds is 5. The van der Waals surface area contributed by atoms with Crippen LogP contribution >= 0.6 is 0 Å². The smallest absolute Gasteiger partial charge is 0.249 e. The maximum absolute atomic E-state index is 4.65. The third kappa shape index (κ3) is 4.16. The first kappa shape index (κ1) is 17.3. The van der Waals surface area contributed by atoms with E-state index < -0.39 is 0 Å². The molecule has 1 N–H and O–H groups in total. The molecule has 0 bridgehead atoms. The summed E-state index contributed by atoms with van der Waals surface area (Å²) >= 11 is 0. The van der Waals surface area contributed by atoms with Gasteiger partial charge in [-0.3, -0.25) is 0 Å². The highest BCUT2D eigenvalue weighted by Crippen LogP contribution is 2.20. The van der Waals surface area contributed by atoms with Crippen LogP contribution in [0.5, 0.6) is 0 Å². The fourth-order valence-corrected chi connectivity index (χ4v) is 3.29. The van der Waals surface area contributed by atoms with E-state index in [0.29, 0.717) is 5.95 Å². The van der Waals surface area contributed by atoms with Crippen molar-refractivity contribution in [2.24, 2.45) is 0 Å². The molecule has 0 saturated carbocycles. The molecular formula is C21H24N6. The number of nitrogens with zero attached hydrogens (tertiary/aromatic N) is 5. The van der Waals surface area contributed by atoms with Gasteiger partial charge in [0, 0.05) is 37.6 Å². The fraction of sp³-hybridized carbons (Fsp3) is 0.286. The second kappa shape index (κ2) is 8.03. The van der Waals surface area contributed by atoms with Crippen LogP contribution in [0.25, 0.3) is 0 Å². The number of nitrogens with one attached hydrogen (secondary N) is 1. The summed E-state index contributed by atoms with van der Waals surface area (Å²) in [6.45, 7) is 5.91. The molecule has 1 fully saturated rings. The van der Waals surface area contributed by atoms with Crippen molar-refractivity contribution in [2.75, 3.05) is 41.3 Å². The third-order valence-electron chi connectivity index (χ3n) is 4.89. The van der Waals surface area contributed by atoms with Gasteiger partial charge in [0.1, 0.15) is 0 Å². The molecule has 0 spiro atoms. The Labute approximate surface area is 159 Å². The van der Waals surface area contributed by atoms with E-state index in [0.717, 1.165) is 44.1 Å². The highest BCUT2D eigenvalue weighted by molar-refractivity contribution is 5.55. The highest BCUT2D eigenvalue weighted by atomic mass is 15.3. The summed E-state index contributed by atoms with van der Waals surface area (Å²) in [5, 5.41) is 11.5. The van der Waals surface area contributed by atoms with Crippen LogP contribution in [-0.2, 0) is 6.42 Å². The van der Waals surface area contributed by atoms with Crippen LogP contribution in [0.1, 0.15) is 12.5 Å². The van der Waals surface area contributed by atoms with Crippen LogP contribution in [0.3, 0.4) is 0 Å². The lowest BCUT2D eigenvalue weighted by Gasteiger charge is -2.36.